The molecule has 1 aliphatic rings. The summed E-state index contributed by atoms with van der Waals surface area (Å²) in [5.41, 5.74) is 1.61. The fraction of sp³-hybridized carbons (Fsp3) is 0.263. The van der Waals surface area contributed by atoms with Crippen molar-refractivity contribution in [3.63, 3.8) is 0 Å². The predicted octanol–water partition coefficient (Wildman–Crippen LogP) is 3.45. The minimum Gasteiger partial charge on any atom is -0.491 e. The monoisotopic (exact) mass is 340 g/mol. The Morgan fingerprint density at radius 1 is 1.20 bits per heavy atom. The lowest BCUT2D eigenvalue weighted by atomic mass is 10.1. The van der Waals surface area contributed by atoms with Gasteiger partial charge in [0.05, 0.1) is 24.8 Å². The molecule has 0 atom stereocenters. The molecule has 0 spiro atoms. The first-order valence-corrected chi connectivity index (χ1v) is 8.16. The molecule has 6 heteroatoms. The largest absolute Gasteiger partial charge is 0.491 e. The van der Waals surface area contributed by atoms with Gasteiger partial charge in [-0.2, -0.15) is 0 Å². The third-order valence-corrected chi connectivity index (χ3v) is 3.59. The van der Waals surface area contributed by atoms with Gasteiger partial charge in [-0.3, -0.25) is 9.59 Å². The number of fused-ring (bicyclic) bond motifs is 1. The van der Waals surface area contributed by atoms with Crippen molar-refractivity contribution in [3.8, 4) is 11.5 Å². The molecule has 0 saturated heterocycles. The van der Waals surface area contributed by atoms with E-state index in [1.807, 2.05) is 13.8 Å². The SMILES string of the molecule is CC(C)Oc1ccc(NC(=O)c2ccc3c(c2)NC(=O)CCO3)cc1. The van der Waals surface area contributed by atoms with Gasteiger partial charge in [0.1, 0.15) is 11.5 Å². The van der Waals surface area contributed by atoms with Crippen molar-refractivity contribution in [2.45, 2.75) is 26.4 Å². The number of ether oxygens (including phenoxy) is 2. The second kappa shape index (κ2) is 7.25. The first-order valence-electron chi connectivity index (χ1n) is 8.16. The zero-order chi connectivity index (χ0) is 17.8. The standard InChI is InChI=1S/C19H20N2O4/c1-12(2)25-15-6-4-14(5-7-15)20-19(23)13-3-8-17-16(11-13)21-18(22)9-10-24-17/h3-8,11-12H,9-10H2,1-2H3,(H,20,23)(H,21,22). The van der Waals surface area contributed by atoms with Crippen LogP contribution in [0.15, 0.2) is 42.5 Å². The van der Waals surface area contributed by atoms with Crippen molar-refractivity contribution in [2.75, 3.05) is 17.2 Å². The maximum absolute atomic E-state index is 12.4. The fourth-order valence-electron chi connectivity index (χ4n) is 2.45. The number of nitrogens with one attached hydrogen (secondary N) is 2. The van der Waals surface area contributed by atoms with Crippen molar-refractivity contribution in [3.05, 3.63) is 48.0 Å². The van der Waals surface area contributed by atoms with Crippen LogP contribution < -0.4 is 20.1 Å². The van der Waals surface area contributed by atoms with Crippen LogP contribution in [0.25, 0.3) is 0 Å². The molecule has 0 bridgehead atoms. The summed E-state index contributed by atoms with van der Waals surface area (Å²) in [5, 5.41) is 5.57. The highest BCUT2D eigenvalue weighted by Crippen LogP contribution is 2.28. The third kappa shape index (κ3) is 4.29. The van der Waals surface area contributed by atoms with E-state index in [9.17, 15) is 9.59 Å². The Labute approximate surface area is 146 Å². The molecule has 2 aromatic rings. The number of amides is 2. The summed E-state index contributed by atoms with van der Waals surface area (Å²) in [4.78, 5) is 24.1. The lowest BCUT2D eigenvalue weighted by Crippen LogP contribution is -2.13. The van der Waals surface area contributed by atoms with Gasteiger partial charge in [0, 0.05) is 11.3 Å². The van der Waals surface area contributed by atoms with Crippen LogP contribution in [0, 0.1) is 0 Å². The molecule has 3 rings (SSSR count). The molecule has 0 aliphatic carbocycles. The molecule has 2 aromatic carbocycles. The molecule has 1 aliphatic heterocycles. The molecule has 2 N–H and O–H groups in total. The zero-order valence-corrected chi connectivity index (χ0v) is 14.2. The van der Waals surface area contributed by atoms with E-state index < -0.39 is 0 Å². The van der Waals surface area contributed by atoms with Crippen LogP contribution in [0.4, 0.5) is 11.4 Å². The number of hydrogen-bond acceptors (Lipinski definition) is 4. The van der Waals surface area contributed by atoms with E-state index in [4.69, 9.17) is 9.47 Å². The third-order valence-electron chi connectivity index (χ3n) is 3.59. The molecule has 1 heterocycles. The normalized spacial score (nSPS) is 13.3. The van der Waals surface area contributed by atoms with E-state index in [0.29, 0.717) is 35.7 Å². The van der Waals surface area contributed by atoms with Gasteiger partial charge in [-0.25, -0.2) is 0 Å². The van der Waals surface area contributed by atoms with E-state index >= 15 is 0 Å². The van der Waals surface area contributed by atoms with Crippen molar-refractivity contribution in [1.82, 2.24) is 0 Å². The quantitative estimate of drug-likeness (QED) is 0.894. The van der Waals surface area contributed by atoms with E-state index in [1.54, 1.807) is 42.5 Å². The van der Waals surface area contributed by atoms with Gasteiger partial charge >= 0.3 is 0 Å². The number of carbonyl (C=O) groups is 2. The minimum absolute atomic E-state index is 0.0949. The van der Waals surface area contributed by atoms with Crippen LogP contribution in [0.5, 0.6) is 11.5 Å². The number of anilines is 2. The van der Waals surface area contributed by atoms with Crippen LogP contribution in [-0.4, -0.2) is 24.5 Å². The number of benzene rings is 2. The minimum atomic E-state index is -0.265. The van der Waals surface area contributed by atoms with Crippen molar-refractivity contribution in [1.29, 1.82) is 0 Å². The van der Waals surface area contributed by atoms with Gasteiger partial charge in [0.2, 0.25) is 5.91 Å². The molecule has 2 amide bonds. The van der Waals surface area contributed by atoms with Gasteiger partial charge in [0.15, 0.2) is 0 Å². The molecule has 0 fully saturated rings. The van der Waals surface area contributed by atoms with E-state index in [-0.39, 0.29) is 17.9 Å². The highest BCUT2D eigenvalue weighted by atomic mass is 16.5. The molecule has 6 nitrogen and oxygen atoms in total. The number of carbonyl (C=O) groups excluding carboxylic acids is 2. The van der Waals surface area contributed by atoms with Crippen molar-refractivity contribution < 1.29 is 19.1 Å². The maximum atomic E-state index is 12.4. The van der Waals surface area contributed by atoms with E-state index in [2.05, 4.69) is 10.6 Å². The first-order chi connectivity index (χ1) is 12.0. The summed E-state index contributed by atoms with van der Waals surface area (Å²) >= 11 is 0. The lowest BCUT2D eigenvalue weighted by molar-refractivity contribution is -0.116. The molecule has 25 heavy (non-hydrogen) atoms. The van der Waals surface area contributed by atoms with Gasteiger partial charge in [-0.1, -0.05) is 0 Å². The van der Waals surface area contributed by atoms with Gasteiger partial charge < -0.3 is 20.1 Å². The van der Waals surface area contributed by atoms with Crippen molar-refractivity contribution >= 4 is 23.2 Å². The van der Waals surface area contributed by atoms with Crippen molar-refractivity contribution in [2.24, 2.45) is 0 Å². The second-order valence-electron chi connectivity index (χ2n) is 6.00. The average molecular weight is 340 g/mol. The van der Waals surface area contributed by atoms with Crippen LogP contribution >= 0.6 is 0 Å². The van der Waals surface area contributed by atoms with Crippen LogP contribution in [-0.2, 0) is 4.79 Å². The van der Waals surface area contributed by atoms with Gasteiger partial charge in [-0.15, -0.1) is 0 Å². The summed E-state index contributed by atoms with van der Waals surface area (Å²) < 4.78 is 11.1. The smallest absolute Gasteiger partial charge is 0.255 e. The van der Waals surface area contributed by atoms with E-state index in [1.165, 1.54) is 0 Å². The molecule has 0 aromatic heterocycles. The molecular weight excluding hydrogens is 320 g/mol. The second-order valence-corrected chi connectivity index (χ2v) is 6.00. The fourth-order valence-corrected chi connectivity index (χ4v) is 2.45. The topological polar surface area (TPSA) is 76.7 Å². The maximum Gasteiger partial charge on any atom is 0.255 e. The Morgan fingerprint density at radius 3 is 2.68 bits per heavy atom. The average Bonchev–Trinajstić information content (AvgIpc) is 2.76. The Bertz CT molecular complexity index is 785. The van der Waals surface area contributed by atoms with Gasteiger partial charge in [-0.05, 0) is 56.3 Å². The predicted molar refractivity (Wildman–Crippen MR) is 95.3 cm³/mol. The summed E-state index contributed by atoms with van der Waals surface area (Å²) in [6.45, 7) is 4.24. The zero-order valence-electron chi connectivity index (χ0n) is 14.2. The Morgan fingerprint density at radius 2 is 1.96 bits per heavy atom. The summed E-state index contributed by atoms with van der Waals surface area (Å²) in [6, 6.07) is 12.1. The Balaban J connectivity index is 1.72. The van der Waals surface area contributed by atoms with E-state index in [0.717, 1.165) is 5.75 Å². The van der Waals surface area contributed by atoms with Crippen LogP contribution in [0.3, 0.4) is 0 Å². The van der Waals surface area contributed by atoms with Gasteiger partial charge in [0.25, 0.3) is 5.91 Å². The van der Waals surface area contributed by atoms with Crippen LogP contribution in [0.1, 0.15) is 30.6 Å². The highest BCUT2D eigenvalue weighted by Gasteiger charge is 2.16. The van der Waals surface area contributed by atoms with Crippen LogP contribution in [0.2, 0.25) is 0 Å². The molecule has 130 valence electrons. The molecule has 0 saturated carbocycles. The molecular formula is C19H20N2O4. The summed E-state index contributed by atoms with van der Waals surface area (Å²) in [7, 11) is 0. The Kier molecular flexibility index (Phi) is 4.88. The lowest BCUT2D eigenvalue weighted by Gasteiger charge is -2.12. The molecule has 0 radical (unpaired) electrons. The summed E-state index contributed by atoms with van der Waals surface area (Å²) in [6.07, 6.45) is 0.388. The number of rotatable bonds is 4. The number of hydrogen-bond donors (Lipinski definition) is 2. The Hall–Kier alpha value is -3.02. The summed E-state index contributed by atoms with van der Waals surface area (Å²) in [5.74, 6) is 0.923. The first kappa shape index (κ1) is 16.8. The highest BCUT2D eigenvalue weighted by molar-refractivity contribution is 6.06. The molecule has 0 unspecified atom stereocenters.